The predicted octanol–water partition coefficient (Wildman–Crippen LogP) is 5.41. The van der Waals surface area contributed by atoms with Crippen LogP contribution in [-0.2, 0) is 31.4 Å². The predicted molar refractivity (Wildman–Crippen MR) is 177 cm³/mol. The normalized spacial score (nSPS) is 11.5. The van der Waals surface area contributed by atoms with E-state index in [4.69, 9.17) is 4.98 Å². The fraction of sp³-hybridized carbons (Fsp3) is 0.371. The van der Waals surface area contributed by atoms with Gasteiger partial charge >= 0.3 is 0 Å². The topological polar surface area (TPSA) is 114 Å². The van der Waals surface area contributed by atoms with Crippen molar-refractivity contribution in [2.24, 2.45) is 13.0 Å². The van der Waals surface area contributed by atoms with Gasteiger partial charge in [-0.2, -0.15) is 5.10 Å². The monoisotopic (exact) mass is 594 g/mol. The Kier molecular flexibility index (Phi) is 9.75. The second-order valence-electron chi connectivity index (χ2n) is 11.9. The number of hydrogen-bond donors (Lipinski definition) is 3. The number of aromatic nitrogens is 4. The molecule has 5 aromatic rings. The highest BCUT2D eigenvalue weighted by Gasteiger charge is 2.21. The van der Waals surface area contributed by atoms with Crippen molar-refractivity contribution < 1.29 is 9.90 Å². The summed E-state index contributed by atoms with van der Waals surface area (Å²) < 4.78 is 3.60. The molecule has 2 aromatic carbocycles. The molecule has 0 spiro atoms. The van der Waals surface area contributed by atoms with Crippen molar-refractivity contribution in [3.63, 3.8) is 0 Å². The lowest BCUT2D eigenvalue weighted by atomic mass is 10.0. The number of fused-ring (bicyclic) bond motifs is 2. The molecular formula is C35H42N6O3. The van der Waals surface area contributed by atoms with Crippen molar-refractivity contribution >= 4 is 33.4 Å². The van der Waals surface area contributed by atoms with Gasteiger partial charge in [-0.25, -0.2) is 9.67 Å². The first-order chi connectivity index (χ1) is 21.2. The average Bonchev–Trinajstić information content (AvgIpc) is 3.38. The third-order valence-corrected chi connectivity index (χ3v) is 7.83. The Balaban J connectivity index is 1.56. The molecule has 3 N–H and O–H groups in total. The number of pyridine rings is 1. The molecule has 3 aromatic heterocycles. The molecule has 0 aliphatic heterocycles. The van der Waals surface area contributed by atoms with Crippen molar-refractivity contribution in [1.82, 2.24) is 24.6 Å². The van der Waals surface area contributed by atoms with Gasteiger partial charge in [0.25, 0.3) is 5.56 Å². The second kappa shape index (κ2) is 13.9. The summed E-state index contributed by atoms with van der Waals surface area (Å²) in [5.41, 5.74) is 5.22. The Morgan fingerprint density at radius 3 is 2.57 bits per heavy atom. The fourth-order valence-electron chi connectivity index (χ4n) is 5.78. The average molecular weight is 595 g/mol. The van der Waals surface area contributed by atoms with E-state index in [-0.39, 0.29) is 18.1 Å². The van der Waals surface area contributed by atoms with Crippen LogP contribution in [0.3, 0.4) is 0 Å². The maximum absolute atomic E-state index is 13.7. The van der Waals surface area contributed by atoms with Crippen molar-refractivity contribution in [2.75, 3.05) is 18.4 Å². The number of aliphatic hydroxyl groups is 1. The number of nitrogens with zero attached hydrogens (tertiary/aromatic N) is 4. The quantitative estimate of drug-likeness (QED) is 0.157. The van der Waals surface area contributed by atoms with Crippen molar-refractivity contribution in [3.05, 3.63) is 88.0 Å². The van der Waals surface area contributed by atoms with Crippen molar-refractivity contribution in [3.8, 4) is 11.3 Å². The van der Waals surface area contributed by atoms with Crippen molar-refractivity contribution in [1.29, 1.82) is 0 Å². The standard InChI is InChI=1S/C35H42N6O3/c1-23(2)17-31-29-21-41(34(33(29)35(44)40(4)39-31)26-12-10-11-25(18-26)22-42)20-27-19-32(38-30-14-7-6-13-28(27)30)37-16-9-5-8-15-36-24(3)43/h6-7,10-14,18-19,21,23,42H,5,8-9,15-17,20,22H2,1-4H3,(H,36,43)(H,37,38). The largest absolute Gasteiger partial charge is 0.392 e. The van der Waals surface area contributed by atoms with Gasteiger partial charge in [-0.15, -0.1) is 0 Å². The van der Waals surface area contributed by atoms with Crippen LogP contribution < -0.4 is 16.2 Å². The Morgan fingerprint density at radius 1 is 1.00 bits per heavy atom. The lowest BCUT2D eigenvalue weighted by molar-refractivity contribution is -0.118. The van der Waals surface area contributed by atoms with E-state index in [0.29, 0.717) is 24.4 Å². The Morgan fingerprint density at radius 2 is 1.80 bits per heavy atom. The van der Waals surface area contributed by atoms with E-state index >= 15 is 0 Å². The van der Waals surface area contributed by atoms with Gasteiger partial charge in [0.2, 0.25) is 5.91 Å². The Hall–Kier alpha value is -4.50. The minimum atomic E-state index is -0.142. The van der Waals surface area contributed by atoms with Crippen LogP contribution in [0.15, 0.2) is 65.6 Å². The van der Waals surface area contributed by atoms with E-state index < -0.39 is 0 Å². The first-order valence-electron chi connectivity index (χ1n) is 15.4. The number of aryl methyl sites for hydroxylation is 1. The molecule has 1 amide bonds. The first-order valence-corrected chi connectivity index (χ1v) is 15.4. The van der Waals surface area contributed by atoms with E-state index in [2.05, 4.69) is 52.5 Å². The summed E-state index contributed by atoms with van der Waals surface area (Å²) in [5, 5.41) is 23.5. The van der Waals surface area contributed by atoms with Gasteiger partial charge in [0.05, 0.1) is 28.9 Å². The molecule has 5 rings (SSSR count). The fourth-order valence-corrected chi connectivity index (χ4v) is 5.78. The molecule has 230 valence electrons. The number of carbonyl (C=O) groups excluding carboxylic acids is 1. The summed E-state index contributed by atoms with van der Waals surface area (Å²) in [6.45, 7) is 7.76. The summed E-state index contributed by atoms with van der Waals surface area (Å²) >= 11 is 0. The van der Waals surface area contributed by atoms with Crippen LogP contribution in [-0.4, -0.2) is 43.4 Å². The van der Waals surface area contributed by atoms with Crippen LogP contribution in [0.2, 0.25) is 0 Å². The minimum Gasteiger partial charge on any atom is -0.392 e. The van der Waals surface area contributed by atoms with Crippen LogP contribution in [0, 0.1) is 5.92 Å². The zero-order valence-corrected chi connectivity index (χ0v) is 26.1. The Bertz CT molecular complexity index is 1840. The summed E-state index contributed by atoms with van der Waals surface area (Å²) in [7, 11) is 1.71. The number of amides is 1. The molecule has 0 bridgehead atoms. The summed E-state index contributed by atoms with van der Waals surface area (Å²) in [5.74, 6) is 1.18. The number of hydrogen-bond acceptors (Lipinski definition) is 6. The SMILES string of the molecule is CC(=O)NCCCCCNc1cc(Cn2cc3c(CC(C)C)nn(C)c(=O)c3c2-c2cccc(CO)c2)c2ccccc2n1. The van der Waals surface area contributed by atoms with Gasteiger partial charge in [0, 0.05) is 50.6 Å². The minimum absolute atomic E-state index is 0.00337. The molecule has 44 heavy (non-hydrogen) atoms. The summed E-state index contributed by atoms with van der Waals surface area (Å²) in [6, 6.07) is 18.0. The van der Waals surface area contributed by atoms with Crippen LogP contribution >= 0.6 is 0 Å². The molecule has 0 saturated heterocycles. The molecule has 9 nitrogen and oxygen atoms in total. The molecule has 0 atom stereocenters. The number of unbranched alkanes of at least 4 members (excludes halogenated alkanes) is 2. The highest BCUT2D eigenvalue weighted by atomic mass is 16.3. The number of para-hydroxylation sites is 1. The van der Waals surface area contributed by atoms with E-state index in [9.17, 15) is 14.7 Å². The second-order valence-corrected chi connectivity index (χ2v) is 11.9. The molecule has 9 heteroatoms. The van der Waals surface area contributed by atoms with Gasteiger partial charge in [0.15, 0.2) is 0 Å². The van der Waals surface area contributed by atoms with Crippen LogP contribution in [0.25, 0.3) is 32.9 Å². The number of nitrogens with one attached hydrogen (secondary N) is 2. The van der Waals surface area contributed by atoms with Crippen LogP contribution in [0.4, 0.5) is 5.82 Å². The Labute approximate surface area is 257 Å². The third kappa shape index (κ3) is 7.00. The smallest absolute Gasteiger partial charge is 0.276 e. The number of anilines is 1. The molecule has 0 radical (unpaired) electrons. The molecule has 0 unspecified atom stereocenters. The molecule has 0 fully saturated rings. The zero-order valence-electron chi connectivity index (χ0n) is 26.1. The molecule has 0 aliphatic rings. The van der Waals surface area contributed by atoms with Gasteiger partial charge in [-0.1, -0.05) is 50.2 Å². The van der Waals surface area contributed by atoms with Gasteiger partial charge < -0.3 is 20.3 Å². The third-order valence-electron chi connectivity index (χ3n) is 7.83. The molecule has 0 aliphatic carbocycles. The lowest BCUT2D eigenvalue weighted by Crippen LogP contribution is -2.22. The van der Waals surface area contributed by atoms with E-state index in [1.54, 1.807) is 7.05 Å². The van der Waals surface area contributed by atoms with Gasteiger partial charge in [-0.3, -0.25) is 9.59 Å². The molecular weight excluding hydrogens is 552 g/mol. The maximum Gasteiger partial charge on any atom is 0.276 e. The molecule has 3 heterocycles. The highest BCUT2D eigenvalue weighted by Crippen LogP contribution is 2.33. The van der Waals surface area contributed by atoms with Crippen molar-refractivity contribution in [2.45, 2.75) is 59.6 Å². The number of aliphatic hydroxyl groups excluding tert-OH is 1. The lowest BCUT2D eigenvalue weighted by Gasteiger charge is -2.15. The van der Waals surface area contributed by atoms with Gasteiger partial charge in [0.1, 0.15) is 5.82 Å². The highest BCUT2D eigenvalue weighted by molar-refractivity contribution is 5.97. The maximum atomic E-state index is 13.7. The summed E-state index contributed by atoms with van der Waals surface area (Å²) in [4.78, 5) is 29.7. The van der Waals surface area contributed by atoms with E-state index in [0.717, 1.165) is 82.4 Å². The zero-order chi connectivity index (χ0) is 31.2. The number of benzene rings is 2. The van der Waals surface area contributed by atoms with E-state index in [1.165, 1.54) is 11.6 Å². The van der Waals surface area contributed by atoms with Crippen LogP contribution in [0.1, 0.15) is 56.9 Å². The van der Waals surface area contributed by atoms with Crippen LogP contribution in [0.5, 0.6) is 0 Å². The number of rotatable bonds is 13. The first kappa shape index (κ1) is 30.9. The molecule has 0 saturated carbocycles. The van der Waals surface area contributed by atoms with E-state index in [1.807, 2.05) is 42.5 Å². The number of carbonyl (C=O) groups is 1. The summed E-state index contributed by atoms with van der Waals surface area (Å²) in [6.07, 6.45) is 5.72. The van der Waals surface area contributed by atoms with Gasteiger partial charge in [-0.05, 0) is 66.5 Å².